The first-order valence-corrected chi connectivity index (χ1v) is 8.06. The van der Waals surface area contributed by atoms with Gasteiger partial charge in [0.2, 0.25) is 0 Å². The van der Waals surface area contributed by atoms with Crippen molar-refractivity contribution < 1.29 is 0 Å². The molecule has 1 aromatic heterocycles. The van der Waals surface area contributed by atoms with Crippen LogP contribution < -0.4 is 5.32 Å². The molecule has 0 saturated carbocycles. The Morgan fingerprint density at radius 1 is 1.22 bits per heavy atom. The summed E-state index contributed by atoms with van der Waals surface area (Å²) in [4.78, 5) is 2.76. The second-order valence-corrected chi connectivity index (χ2v) is 6.48. The lowest BCUT2D eigenvalue weighted by atomic mass is 10.0. The molecule has 0 spiro atoms. The van der Waals surface area contributed by atoms with Crippen LogP contribution in [0.25, 0.3) is 0 Å². The SMILES string of the molecule is CCSc1ccc(C(NC)c2sccc2C)cc1. The lowest BCUT2D eigenvalue weighted by Crippen LogP contribution is -2.17. The van der Waals surface area contributed by atoms with Crippen molar-refractivity contribution >= 4 is 23.1 Å². The van der Waals surface area contributed by atoms with Gasteiger partial charge in [-0.3, -0.25) is 0 Å². The quantitative estimate of drug-likeness (QED) is 0.809. The van der Waals surface area contributed by atoms with E-state index in [0.717, 1.165) is 5.75 Å². The Morgan fingerprint density at radius 3 is 2.44 bits per heavy atom. The van der Waals surface area contributed by atoms with E-state index >= 15 is 0 Å². The molecule has 0 bridgehead atoms. The Labute approximate surface area is 118 Å². The molecule has 1 heterocycles. The molecule has 0 aliphatic rings. The maximum Gasteiger partial charge on any atom is 0.0671 e. The Hall–Kier alpha value is -0.770. The number of thiophene rings is 1. The molecule has 1 aromatic carbocycles. The summed E-state index contributed by atoms with van der Waals surface area (Å²) in [7, 11) is 2.03. The number of aryl methyl sites for hydroxylation is 1. The minimum atomic E-state index is 0.311. The second-order valence-electron chi connectivity index (χ2n) is 4.19. The molecule has 0 fully saturated rings. The van der Waals surface area contributed by atoms with Crippen LogP contribution in [0.5, 0.6) is 0 Å². The average molecular weight is 277 g/mol. The Kier molecular flexibility index (Phi) is 4.87. The minimum Gasteiger partial charge on any atom is -0.309 e. The van der Waals surface area contributed by atoms with Crippen LogP contribution >= 0.6 is 23.1 Å². The summed E-state index contributed by atoms with van der Waals surface area (Å²) in [6.45, 7) is 4.36. The van der Waals surface area contributed by atoms with E-state index in [9.17, 15) is 0 Å². The van der Waals surface area contributed by atoms with Gasteiger partial charge < -0.3 is 5.32 Å². The predicted octanol–water partition coefficient (Wildman–Crippen LogP) is 4.48. The fraction of sp³-hybridized carbons (Fsp3) is 0.333. The van der Waals surface area contributed by atoms with Gasteiger partial charge in [0.05, 0.1) is 6.04 Å². The molecule has 0 amide bonds. The molecule has 1 atom stereocenters. The standard InChI is InChI=1S/C15H19NS2/c1-4-17-13-7-5-12(6-8-13)14(16-3)15-11(2)9-10-18-15/h5-10,14,16H,4H2,1-3H3. The number of nitrogens with one attached hydrogen (secondary N) is 1. The van der Waals surface area contributed by atoms with Gasteiger partial charge in [-0.15, -0.1) is 23.1 Å². The molecular weight excluding hydrogens is 258 g/mol. The van der Waals surface area contributed by atoms with Gasteiger partial charge in [0, 0.05) is 9.77 Å². The van der Waals surface area contributed by atoms with Crippen molar-refractivity contribution in [3.63, 3.8) is 0 Å². The summed E-state index contributed by atoms with van der Waals surface area (Å²) in [6.07, 6.45) is 0. The van der Waals surface area contributed by atoms with Gasteiger partial charge in [-0.1, -0.05) is 19.1 Å². The van der Waals surface area contributed by atoms with Crippen LogP contribution in [0.15, 0.2) is 40.6 Å². The third kappa shape index (κ3) is 2.97. The molecule has 0 radical (unpaired) electrons. The van der Waals surface area contributed by atoms with E-state index < -0.39 is 0 Å². The zero-order valence-corrected chi connectivity index (χ0v) is 12.7. The largest absolute Gasteiger partial charge is 0.309 e. The molecule has 2 aromatic rings. The molecule has 0 aliphatic carbocycles. The number of thioether (sulfide) groups is 1. The van der Waals surface area contributed by atoms with Crippen molar-refractivity contribution in [2.75, 3.05) is 12.8 Å². The highest BCUT2D eigenvalue weighted by Gasteiger charge is 2.15. The van der Waals surface area contributed by atoms with Crippen LogP contribution in [0, 0.1) is 6.92 Å². The van der Waals surface area contributed by atoms with Crippen molar-refractivity contribution in [1.82, 2.24) is 5.32 Å². The smallest absolute Gasteiger partial charge is 0.0671 e. The van der Waals surface area contributed by atoms with E-state index in [-0.39, 0.29) is 0 Å². The number of hydrogen-bond acceptors (Lipinski definition) is 3. The normalized spacial score (nSPS) is 12.6. The van der Waals surface area contributed by atoms with Gasteiger partial charge in [-0.05, 0) is 54.4 Å². The molecule has 18 heavy (non-hydrogen) atoms. The summed E-state index contributed by atoms with van der Waals surface area (Å²) in [5.74, 6) is 1.12. The van der Waals surface area contributed by atoms with E-state index in [1.165, 1.54) is 20.9 Å². The van der Waals surface area contributed by atoms with Crippen LogP contribution in [0.1, 0.15) is 29.0 Å². The summed E-state index contributed by atoms with van der Waals surface area (Å²) in [6, 6.07) is 11.4. The number of benzene rings is 1. The molecule has 1 unspecified atom stereocenters. The lowest BCUT2D eigenvalue weighted by Gasteiger charge is -2.16. The van der Waals surface area contributed by atoms with Crippen LogP contribution in [0.4, 0.5) is 0 Å². The fourth-order valence-corrected chi connectivity index (χ4v) is 3.78. The molecular formula is C15H19NS2. The van der Waals surface area contributed by atoms with Crippen molar-refractivity contribution in [2.24, 2.45) is 0 Å². The van der Waals surface area contributed by atoms with E-state index in [1.54, 1.807) is 0 Å². The average Bonchev–Trinajstić information content (AvgIpc) is 2.79. The Balaban J connectivity index is 2.25. The first-order valence-electron chi connectivity index (χ1n) is 6.20. The lowest BCUT2D eigenvalue weighted by molar-refractivity contribution is 0.699. The number of rotatable bonds is 5. The van der Waals surface area contributed by atoms with Crippen LogP contribution in [-0.2, 0) is 0 Å². The van der Waals surface area contributed by atoms with Crippen LogP contribution in [-0.4, -0.2) is 12.8 Å². The highest BCUT2D eigenvalue weighted by molar-refractivity contribution is 7.99. The zero-order chi connectivity index (χ0) is 13.0. The summed E-state index contributed by atoms with van der Waals surface area (Å²) in [5.41, 5.74) is 2.70. The third-order valence-electron chi connectivity index (χ3n) is 2.98. The first kappa shape index (κ1) is 13.7. The predicted molar refractivity (Wildman–Crippen MR) is 82.8 cm³/mol. The van der Waals surface area contributed by atoms with Crippen molar-refractivity contribution in [2.45, 2.75) is 24.8 Å². The maximum absolute atomic E-state index is 3.42. The highest BCUT2D eigenvalue weighted by atomic mass is 32.2. The van der Waals surface area contributed by atoms with E-state index in [1.807, 2.05) is 30.1 Å². The molecule has 0 saturated heterocycles. The maximum atomic E-state index is 3.42. The Bertz CT molecular complexity index is 487. The minimum absolute atomic E-state index is 0.311. The van der Waals surface area contributed by atoms with Crippen molar-refractivity contribution in [1.29, 1.82) is 0 Å². The molecule has 96 valence electrons. The van der Waals surface area contributed by atoms with E-state index in [4.69, 9.17) is 0 Å². The summed E-state index contributed by atoms with van der Waals surface area (Å²) < 4.78 is 0. The summed E-state index contributed by atoms with van der Waals surface area (Å²) in [5, 5.41) is 5.58. The molecule has 0 aliphatic heterocycles. The van der Waals surface area contributed by atoms with Gasteiger partial charge in [-0.2, -0.15) is 0 Å². The molecule has 1 nitrogen and oxygen atoms in total. The number of hydrogen-bond donors (Lipinski definition) is 1. The third-order valence-corrected chi connectivity index (χ3v) is 4.95. The molecule has 3 heteroatoms. The van der Waals surface area contributed by atoms with E-state index in [2.05, 4.69) is 54.9 Å². The van der Waals surface area contributed by atoms with Gasteiger partial charge in [0.1, 0.15) is 0 Å². The van der Waals surface area contributed by atoms with Crippen LogP contribution in [0.3, 0.4) is 0 Å². The van der Waals surface area contributed by atoms with Crippen molar-refractivity contribution in [3.8, 4) is 0 Å². The van der Waals surface area contributed by atoms with E-state index in [0.29, 0.717) is 6.04 Å². The van der Waals surface area contributed by atoms with Crippen LogP contribution in [0.2, 0.25) is 0 Å². The fourth-order valence-electron chi connectivity index (χ4n) is 2.05. The second kappa shape index (κ2) is 6.41. The van der Waals surface area contributed by atoms with Crippen molar-refractivity contribution in [3.05, 3.63) is 51.7 Å². The monoisotopic (exact) mass is 277 g/mol. The van der Waals surface area contributed by atoms with Gasteiger partial charge in [-0.25, -0.2) is 0 Å². The summed E-state index contributed by atoms with van der Waals surface area (Å²) >= 11 is 3.71. The first-order chi connectivity index (χ1) is 8.76. The molecule has 2 rings (SSSR count). The molecule has 1 N–H and O–H groups in total. The topological polar surface area (TPSA) is 12.0 Å². The van der Waals surface area contributed by atoms with Gasteiger partial charge in [0.25, 0.3) is 0 Å². The highest BCUT2D eigenvalue weighted by Crippen LogP contribution is 2.30. The Morgan fingerprint density at radius 2 is 1.94 bits per heavy atom. The zero-order valence-electron chi connectivity index (χ0n) is 11.1. The van der Waals surface area contributed by atoms with Gasteiger partial charge in [0.15, 0.2) is 0 Å². The van der Waals surface area contributed by atoms with Gasteiger partial charge >= 0.3 is 0 Å².